The van der Waals surface area contributed by atoms with Crippen LogP contribution in [0.25, 0.3) is 0 Å². The molecule has 2 rings (SSSR count). The highest BCUT2D eigenvalue weighted by molar-refractivity contribution is 5.37. The maximum atomic E-state index is 9.43. The molecule has 1 fully saturated rings. The molecule has 106 valence electrons. The number of anilines is 2. The summed E-state index contributed by atoms with van der Waals surface area (Å²) in [6.45, 7) is 3.48. The van der Waals surface area contributed by atoms with Crippen molar-refractivity contribution >= 4 is 11.9 Å². The van der Waals surface area contributed by atoms with Gasteiger partial charge in [-0.1, -0.05) is 6.92 Å². The lowest BCUT2D eigenvalue weighted by Crippen LogP contribution is -2.43. The molecule has 0 spiro atoms. The largest absolute Gasteiger partial charge is 0.463 e. The lowest BCUT2D eigenvalue weighted by Gasteiger charge is -2.34. The first-order valence-corrected chi connectivity index (χ1v) is 6.76. The van der Waals surface area contributed by atoms with E-state index in [0.29, 0.717) is 12.6 Å². The van der Waals surface area contributed by atoms with Gasteiger partial charge in [-0.25, -0.2) is 0 Å². The van der Waals surface area contributed by atoms with Crippen molar-refractivity contribution in [1.29, 1.82) is 0 Å². The molecular weight excluding hydrogens is 246 g/mol. The van der Waals surface area contributed by atoms with E-state index in [9.17, 15) is 5.11 Å². The zero-order valence-electron chi connectivity index (χ0n) is 11.2. The van der Waals surface area contributed by atoms with E-state index >= 15 is 0 Å². The number of aromatic nitrogens is 3. The lowest BCUT2D eigenvalue weighted by atomic mass is 10.0. The molecule has 0 saturated carbocycles. The molecule has 1 aliphatic rings. The fourth-order valence-electron chi connectivity index (χ4n) is 2.20. The number of nitrogen functional groups attached to an aromatic ring is 1. The molecule has 0 bridgehead atoms. The minimum atomic E-state index is 0.0505. The molecule has 7 heteroatoms. The van der Waals surface area contributed by atoms with Gasteiger partial charge in [-0.05, 0) is 25.7 Å². The van der Waals surface area contributed by atoms with E-state index in [0.717, 1.165) is 32.2 Å². The smallest absolute Gasteiger partial charge is 0.323 e. The van der Waals surface area contributed by atoms with Crippen LogP contribution in [0.1, 0.15) is 32.6 Å². The van der Waals surface area contributed by atoms with Gasteiger partial charge in [-0.2, -0.15) is 15.0 Å². The summed E-state index contributed by atoms with van der Waals surface area (Å²) in [4.78, 5) is 14.4. The van der Waals surface area contributed by atoms with Crippen LogP contribution < -0.4 is 15.4 Å². The molecule has 2 heterocycles. The van der Waals surface area contributed by atoms with Crippen molar-refractivity contribution in [2.75, 3.05) is 30.4 Å². The van der Waals surface area contributed by atoms with E-state index in [2.05, 4.69) is 15.0 Å². The van der Waals surface area contributed by atoms with Gasteiger partial charge in [-0.3, -0.25) is 0 Å². The molecule has 1 aromatic heterocycles. The number of aliphatic hydroxyl groups excluding tert-OH is 1. The van der Waals surface area contributed by atoms with Gasteiger partial charge < -0.3 is 20.5 Å². The van der Waals surface area contributed by atoms with E-state index < -0.39 is 0 Å². The third-order valence-corrected chi connectivity index (χ3v) is 3.15. The van der Waals surface area contributed by atoms with Gasteiger partial charge in [0, 0.05) is 6.54 Å². The molecule has 3 N–H and O–H groups in total. The van der Waals surface area contributed by atoms with E-state index in [1.54, 1.807) is 0 Å². The highest BCUT2D eigenvalue weighted by atomic mass is 16.5. The second-order valence-corrected chi connectivity index (χ2v) is 4.65. The molecule has 19 heavy (non-hydrogen) atoms. The Morgan fingerprint density at radius 2 is 2.21 bits per heavy atom. The molecular formula is C12H21N5O2. The van der Waals surface area contributed by atoms with Crippen LogP contribution in [0.2, 0.25) is 0 Å². The zero-order chi connectivity index (χ0) is 13.7. The molecule has 1 atom stereocenters. The first kappa shape index (κ1) is 13.8. The van der Waals surface area contributed by atoms with E-state index in [4.69, 9.17) is 10.5 Å². The van der Waals surface area contributed by atoms with Crippen LogP contribution in [0, 0.1) is 0 Å². The second-order valence-electron chi connectivity index (χ2n) is 4.65. The predicted molar refractivity (Wildman–Crippen MR) is 72.1 cm³/mol. The number of piperidine rings is 1. The van der Waals surface area contributed by atoms with Crippen LogP contribution in [0.3, 0.4) is 0 Å². The fourth-order valence-corrected chi connectivity index (χ4v) is 2.20. The minimum absolute atomic E-state index is 0.0505. The number of aliphatic hydroxyl groups is 1. The third kappa shape index (κ3) is 3.44. The molecule has 0 radical (unpaired) electrons. The van der Waals surface area contributed by atoms with Gasteiger partial charge in [0.15, 0.2) is 0 Å². The monoisotopic (exact) mass is 267 g/mol. The Morgan fingerprint density at radius 3 is 2.95 bits per heavy atom. The van der Waals surface area contributed by atoms with Crippen molar-refractivity contribution < 1.29 is 9.84 Å². The van der Waals surface area contributed by atoms with Crippen molar-refractivity contribution in [2.45, 2.75) is 38.6 Å². The number of hydrogen-bond acceptors (Lipinski definition) is 7. The molecule has 1 unspecified atom stereocenters. The summed E-state index contributed by atoms with van der Waals surface area (Å²) in [5, 5.41) is 9.43. The molecule has 7 nitrogen and oxygen atoms in total. The Labute approximate surface area is 112 Å². The first-order chi connectivity index (χ1) is 9.24. The van der Waals surface area contributed by atoms with Crippen molar-refractivity contribution in [3.8, 4) is 6.01 Å². The molecule has 1 aromatic rings. The molecule has 0 amide bonds. The van der Waals surface area contributed by atoms with Crippen LogP contribution >= 0.6 is 0 Å². The maximum Gasteiger partial charge on any atom is 0.323 e. The standard InChI is InChI=1S/C12H21N5O2/c1-2-7-19-12-15-10(13)14-11(16-12)17-6-4-3-5-9(17)8-18/h9,18H,2-8H2,1H3,(H2,13,14,15,16). The molecule has 1 saturated heterocycles. The van der Waals surface area contributed by atoms with Crippen molar-refractivity contribution in [1.82, 2.24) is 15.0 Å². The summed E-state index contributed by atoms with van der Waals surface area (Å²) in [5.41, 5.74) is 5.69. The normalized spacial score (nSPS) is 19.5. The van der Waals surface area contributed by atoms with E-state index in [-0.39, 0.29) is 24.6 Å². The first-order valence-electron chi connectivity index (χ1n) is 6.76. The summed E-state index contributed by atoms with van der Waals surface area (Å²) >= 11 is 0. The molecule has 0 aromatic carbocycles. The Morgan fingerprint density at radius 1 is 1.37 bits per heavy atom. The van der Waals surface area contributed by atoms with Crippen molar-refractivity contribution in [2.24, 2.45) is 0 Å². The summed E-state index contributed by atoms with van der Waals surface area (Å²) in [6, 6.07) is 0.307. The minimum Gasteiger partial charge on any atom is -0.463 e. The second kappa shape index (κ2) is 6.51. The molecule has 0 aliphatic carbocycles. The van der Waals surface area contributed by atoms with Crippen LogP contribution in [0.15, 0.2) is 0 Å². The van der Waals surface area contributed by atoms with Crippen LogP contribution in [-0.2, 0) is 0 Å². The topological polar surface area (TPSA) is 97.4 Å². The van der Waals surface area contributed by atoms with Gasteiger partial charge >= 0.3 is 6.01 Å². The highest BCUT2D eigenvalue weighted by Gasteiger charge is 2.25. The van der Waals surface area contributed by atoms with Crippen LogP contribution in [-0.4, -0.2) is 45.9 Å². The fraction of sp³-hybridized carbons (Fsp3) is 0.750. The Balaban J connectivity index is 2.19. The zero-order valence-corrected chi connectivity index (χ0v) is 11.2. The van der Waals surface area contributed by atoms with Crippen molar-refractivity contribution in [3.05, 3.63) is 0 Å². The van der Waals surface area contributed by atoms with Gasteiger partial charge in [0.1, 0.15) is 0 Å². The van der Waals surface area contributed by atoms with Crippen molar-refractivity contribution in [3.63, 3.8) is 0 Å². The highest BCUT2D eigenvalue weighted by Crippen LogP contribution is 2.23. The number of ether oxygens (including phenoxy) is 1. The van der Waals surface area contributed by atoms with Gasteiger partial charge in [0.05, 0.1) is 19.3 Å². The number of nitrogens with two attached hydrogens (primary N) is 1. The van der Waals surface area contributed by atoms with Crippen LogP contribution in [0.4, 0.5) is 11.9 Å². The lowest BCUT2D eigenvalue weighted by molar-refractivity contribution is 0.238. The Bertz CT molecular complexity index is 415. The maximum absolute atomic E-state index is 9.43. The predicted octanol–water partition coefficient (Wildman–Crippen LogP) is 0.594. The van der Waals surface area contributed by atoms with Crippen LogP contribution in [0.5, 0.6) is 6.01 Å². The van der Waals surface area contributed by atoms with Gasteiger partial charge in [0.2, 0.25) is 11.9 Å². The van der Waals surface area contributed by atoms with E-state index in [1.807, 2.05) is 11.8 Å². The summed E-state index contributed by atoms with van der Waals surface area (Å²) in [5.74, 6) is 0.649. The number of nitrogens with zero attached hydrogens (tertiary/aromatic N) is 4. The Kier molecular flexibility index (Phi) is 4.73. The third-order valence-electron chi connectivity index (χ3n) is 3.15. The summed E-state index contributed by atoms with van der Waals surface area (Å²) < 4.78 is 5.40. The van der Waals surface area contributed by atoms with Gasteiger partial charge in [-0.15, -0.1) is 0 Å². The Hall–Kier alpha value is -1.63. The average Bonchev–Trinajstić information content (AvgIpc) is 2.44. The molecule has 1 aliphatic heterocycles. The SMILES string of the molecule is CCCOc1nc(N)nc(N2CCCCC2CO)n1. The summed E-state index contributed by atoms with van der Waals surface area (Å²) in [6.07, 6.45) is 3.99. The average molecular weight is 267 g/mol. The number of rotatable bonds is 5. The quantitative estimate of drug-likeness (QED) is 0.805. The van der Waals surface area contributed by atoms with Gasteiger partial charge in [0.25, 0.3) is 0 Å². The summed E-state index contributed by atoms with van der Waals surface area (Å²) in [7, 11) is 0. The van der Waals surface area contributed by atoms with E-state index in [1.165, 1.54) is 0 Å². The number of hydrogen-bond donors (Lipinski definition) is 2.